The predicted octanol–water partition coefficient (Wildman–Crippen LogP) is 4.63. The van der Waals surface area contributed by atoms with Crippen molar-refractivity contribution in [1.29, 1.82) is 0 Å². The van der Waals surface area contributed by atoms with E-state index < -0.39 is 6.10 Å². The van der Waals surface area contributed by atoms with Crippen molar-refractivity contribution in [3.8, 4) is 17.2 Å². The van der Waals surface area contributed by atoms with Crippen LogP contribution in [0.5, 0.6) is 17.2 Å². The van der Waals surface area contributed by atoms with Crippen LogP contribution >= 0.6 is 0 Å². The molecular formula is C29H29N3O5. The van der Waals surface area contributed by atoms with Crippen LogP contribution in [-0.4, -0.2) is 43.7 Å². The molecule has 3 aromatic carbocycles. The highest BCUT2D eigenvalue weighted by Gasteiger charge is 2.19. The molecule has 8 nitrogen and oxygen atoms in total. The fraction of sp³-hybridized carbons (Fsp3) is 0.207. The SMILES string of the molecule is COc1ccc(CCNC(=O)[C@@H](C)Oc2ccccc2C(=O)Nc2ccc3ccccc3n2)cc1OC. The summed E-state index contributed by atoms with van der Waals surface area (Å²) in [7, 11) is 3.17. The molecule has 0 bridgehead atoms. The molecule has 0 unspecified atom stereocenters. The Balaban J connectivity index is 1.35. The lowest BCUT2D eigenvalue weighted by molar-refractivity contribution is -0.127. The fourth-order valence-corrected chi connectivity index (χ4v) is 3.83. The van der Waals surface area contributed by atoms with Crippen LogP contribution in [0.1, 0.15) is 22.8 Å². The Labute approximate surface area is 215 Å². The molecule has 8 heteroatoms. The Kier molecular flexibility index (Phi) is 8.20. The summed E-state index contributed by atoms with van der Waals surface area (Å²) in [4.78, 5) is 30.2. The molecule has 0 aliphatic carbocycles. The van der Waals surface area contributed by atoms with E-state index in [-0.39, 0.29) is 11.8 Å². The number of ether oxygens (including phenoxy) is 3. The third-order valence-electron chi connectivity index (χ3n) is 5.81. The molecule has 0 spiro atoms. The van der Waals surface area contributed by atoms with Crippen LogP contribution < -0.4 is 24.8 Å². The molecule has 1 atom stereocenters. The number of rotatable bonds is 10. The van der Waals surface area contributed by atoms with Gasteiger partial charge in [0.2, 0.25) is 0 Å². The van der Waals surface area contributed by atoms with E-state index in [1.54, 1.807) is 51.5 Å². The zero-order valence-electron chi connectivity index (χ0n) is 21.0. The second-order valence-electron chi connectivity index (χ2n) is 8.33. The average Bonchev–Trinajstić information content (AvgIpc) is 2.93. The van der Waals surface area contributed by atoms with E-state index in [0.717, 1.165) is 16.5 Å². The molecule has 0 aliphatic heterocycles. The van der Waals surface area contributed by atoms with E-state index in [9.17, 15) is 9.59 Å². The second-order valence-corrected chi connectivity index (χ2v) is 8.33. The zero-order valence-corrected chi connectivity index (χ0v) is 21.0. The minimum atomic E-state index is -0.807. The smallest absolute Gasteiger partial charge is 0.260 e. The number of hydrogen-bond acceptors (Lipinski definition) is 6. The van der Waals surface area contributed by atoms with E-state index in [0.29, 0.717) is 41.6 Å². The summed E-state index contributed by atoms with van der Waals surface area (Å²) >= 11 is 0. The Hall–Kier alpha value is -4.59. The van der Waals surface area contributed by atoms with Gasteiger partial charge in [-0.3, -0.25) is 9.59 Å². The molecular weight excluding hydrogens is 470 g/mol. The molecule has 0 saturated carbocycles. The first-order valence-corrected chi connectivity index (χ1v) is 11.9. The highest BCUT2D eigenvalue weighted by Crippen LogP contribution is 2.27. The van der Waals surface area contributed by atoms with Crippen LogP contribution in [0.15, 0.2) is 78.9 Å². The van der Waals surface area contributed by atoms with Gasteiger partial charge in [-0.15, -0.1) is 0 Å². The summed E-state index contributed by atoms with van der Waals surface area (Å²) in [6.45, 7) is 2.06. The van der Waals surface area contributed by atoms with Crippen molar-refractivity contribution in [3.63, 3.8) is 0 Å². The number of para-hydroxylation sites is 2. The Morgan fingerprint density at radius 1 is 0.865 bits per heavy atom. The molecule has 2 amide bonds. The van der Waals surface area contributed by atoms with Crippen LogP contribution in [0.3, 0.4) is 0 Å². The monoisotopic (exact) mass is 499 g/mol. The maximum atomic E-state index is 13.0. The predicted molar refractivity (Wildman–Crippen MR) is 142 cm³/mol. The van der Waals surface area contributed by atoms with E-state index in [1.165, 1.54) is 0 Å². The molecule has 1 heterocycles. The number of hydrogen-bond donors (Lipinski definition) is 2. The van der Waals surface area contributed by atoms with Gasteiger partial charge in [-0.25, -0.2) is 4.98 Å². The van der Waals surface area contributed by atoms with Crippen LogP contribution in [0, 0.1) is 0 Å². The zero-order chi connectivity index (χ0) is 26.2. The molecule has 0 fully saturated rings. The molecule has 4 rings (SSSR count). The van der Waals surface area contributed by atoms with Crippen molar-refractivity contribution in [3.05, 3.63) is 90.0 Å². The summed E-state index contributed by atoms with van der Waals surface area (Å²) in [5.74, 6) is 1.36. The van der Waals surface area contributed by atoms with Crippen molar-refractivity contribution in [1.82, 2.24) is 10.3 Å². The third kappa shape index (κ3) is 6.35. The largest absolute Gasteiger partial charge is 0.493 e. The highest BCUT2D eigenvalue weighted by molar-refractivity contribution is 6.06. The number of methoxy groups -OCH3 is 2. The standard InChI is InChI=1S/C29H29N3O5/c1-19(28(33)30-17-16-20-12-14-25(35-2)26(18-20)36-3)37-24-11-7-5-9-22(24)29(34)32-27-15-13-21-8-4-6-10-23(21)31-27/h4-15,18-19H,16-17H2,1-3H3,(H,30,33)(H,31,32,34)/t19-/m1/s1. The number of aromatic nitrogens is 1. The molecule has 190 valence electrons. The number of nitrogens with one attached hydrogen (secondary N) is 2. The summed E-state index contributed by atoms with van der Waals surface area (Å²) < 4.78 is 16.5. The van der Waals surface area contributed by atoms with Gasteiger partial charge in [-0.1, -0.05) is 36.4 Å². The van der Waals surface area contributed by atoms with Gasteiger partial charge in [0.05, 0.1) is 25.3 Å². The minimum absolute atomic E-state index is 0.285. The van der Waals surface area contributed by atoms with Crippen molar-refractivity contribution in [2.24, 2.45) is 0 Å². The summed E-state index contributed by atoms with van der Waals surface area (Å²) in [6, 6.07) is 23.7. The van der Waals surface area contributed by atoms with E-state index in [2.05, 4.69) is 15.6 Å². The Bertz CT molecular complexity index is 1410. The normalized spacial score (nSPS) is 11.4. The number of nitrogens with zero attached hydrogens (tertiary/aromatic N) is 1. The lowest BCUT2D eigenvalue weighted by Crippen LogP contribution is -2.37. The summed E-state index contributed by atoms with van der Waals surface area (Å²) in [6.07, 6.45) is -0.200. The lowest BCUT2D eigenvalue weighted by atomic mass is 10.1. The molecule has 0 saturated heterocycles. The maximum Gasteiger partial charge on any atom is 0.260 e. The fourth-order valence-electron chi connectivity index (χ4n) is 3.83. The Morgan fingerprint density at radius 2 is 1.62 bits per heavy atom. The number of carbonyl (C=O) groups excluding carboxylic acids is 2. The topological polar surface area (TPSA) is 98.8 Å². The lowest BCUT2D eigenvalue weighted by Gasteiger charge is -2.17. The van der Waals surface area contributed by atoms with Crippen LogP contribution in [0.25, 0.3) is 10.9 Å². The van der Waals surface area contributed by atoms with Gasteiger partial charge in [-0.05, 0) is 61.4 Å². The van der Waals surface area contributed by atoms with Gasteiger partial charge in [0.15, 0.2) is 17.6 Å². The summed E-state index contributed by atoms with van der Waals surface area (Å²) in [5.41, 5.74) is 2.08. The van der Waals surface area contributed by atoms with Crippen molar-refractivity contribution >= 4 is 28.5 Å². The molecule has 37 heavy (non-hydrogen) atoms. The molecule has 1 aromatic heterocycles. The number of benzene rings is 3. The Morgan fingerprint density at radius 3 is 2.43 bits per heavy atom. The second kappa shape index (κ2) is 11.9. The summed E-state index contributed by atoms with van der Waals surface area (Å²) in [5, 5.41) is 6.67. The maximum absolute atomic E-state index is 13.0. The first kappa shape index (κ1) is 25.5. The molecule has 0 radical (unpaired) electrons. The van der Waals surface area contributed by atoms with Crippen molar-refractivity contribution in [2.75, 3.05) is 26.1 Å². The van der Waals surface area contributed by atoms with E-state index >= 15 is 0 Å². The van der Waals surface area contributed by atoms with Gasteiger partial charge in [0, 0.05) is 11.9 Å². The third-order valence-corrected chi connectivity index (χ3v) is 5.81. The first-order valence-electron chi connectivity index (χ1n) is 11.9. The number of fused-ring (bicyclic) bond motifs is 1. The average molecular weight is 500 g/mol. The van der Waals surface area contributed by atoms with E-state index in [4.69, 9.17) is 14.2 Å². The van der Waals surface area contributed by atoms with Gasteiger partial charge in [0.25, 0.3) is 11.8 Å². The highest BCUT2D eigenvalue weighted by atomic mass is 16.5. The van der Waals surface area contributed by atoms with Crippen LogP contribution in [0.4, 0.5) is 5.82 Å². The van der Waals surface area contributed by atoms with E-state index in [1.807, 2.05) is 48.5 Å². The van der Waals surface area contributed by atoms with Gasteiger partial charge < -0.3 is 24.8 Å². The first-order chi connectivity index (χ1) is 18.0. The number of pyridine rings is 1. The van der Waals surface area contributed by atoms with Crippen LogP contribution in [-0.2, 0) is 11.2 Å². The molecule has 2 N–H and O–H groups in total. The van der Waals surface area contributed by atoms with Gasteiger partial charge in [0.1, 0.15) is 11.6 Å². The quantitative estimate of drug-likeness (QED) is 0.330. The molecule has 4 aromatic rings. The van der Waals surface area contributed by atoms with Gasteiger partial charge in [-0.2, -0.15) is 0 Å². The van der Waals surface area contributed by atoms with Crippen LogP contribution in [0.2, 0.25) is 0 Å². The van der Waals surface area contributed by atoms with Crippen molar-refractivity contribution in [2.45, 2.75) is 19.4 Å². The number of amides is 2. The van der Waals surface area contributed by atoms with Crippen molar-refractivity contribution < 1.29 is 23.8 Å². The molecule has 0 aliphatic rings. The minimum Gasteiger partial charge on any atom is -0.493 e. The number of anilines is 1. The number of carbonyl (C=O) groups is 2. The van der Waals surface area contributed by atoms with Gasteiger partial charge >= 0.3 is 0 Å².